The van der Waals surface area contributed by atoms with Gasteiger partial charge in [-0.3, -0.25) is 9.13 Å². The second-order valence-corrected chi connectivity index (χ2v) is 9.64. The summed E-state index contributed by atoms with van der Waals surface area (Å²) in [5.41, 5.74) is 1.90. The van der Waals surface area contributed by atoms with E-state index in [9.17, 15) is 9.59 Å². The average Bonchev–Trinajstić information content (AvgIpc) is 3.05. The molecule has 1 saturated carbocycles. The lowest BCUT2D eigenvalue weighted by Crippen LogP contribution is -2.41. The van der Waals surface area contributed by atoms with Crippen molar-refractivity contribution in [3.63, 3.8) is 0 Å². The highest BCUT2D eigenvalue weighted by molar-refractivity contribution is 5.78. The number of aromatic nitrogens is 3. The van der Waals surface area contributed by atoms with E-state index in [2.05, 4.69) is 10.3 Å². The number of amides is 1. The molecule has 33 heavy (non-hydrogen) atoms. The fraction of sp³-hybridized carbons (Fsp3) is 0.480. The van der Waals surface area contributed by atoms with Gasteiger partial charge < -0.3 is 14.8 Å². The molecule has 0 radical (unpaired) electrons. The molecule has 0 unspecified atom stereocenters. The van der Waals surface area contributed by atoms with Crippen molar-refractivity contribution in [2.45, 2.75) is 64.6 Å². The molecule has 0 bridgehead atoms. The molecule has 8 nitrogen and oxygen atoms in total. The summed E-state index contributed by atoms with van der Waals surface area (Å²) in [4.78, 5) is 29.8. The Hall–Kier alpha value is -3.29. The number of nitrogens with one attached hydrogen (secondary N) is 1. The molecular formula is C25H32N4O4. The summed E-state index contributed by atoms with van der Waals surface area (Å²) >= 11 is 0. The first-order valence-corrected chi connectivity index (χ1v) is 11.5. The summed E-state index contributed by atoms with van der Waals surface area (Å²) in [6, 6.07) is 11.5. The fourth-order valence-electron chi connectivity index (χ4n) is 4.48. The molecule has 1 amide bonds. The molecule has 176 valence electrons. The maximum atomic E-state index is 13.5. The van der Waals surface area contributed by atoms with E-state index in [1.807, 2.05) is 55.7 Å². The van der Waals surface area contributed by atoms with Crippen molar-refractivity contribution >= 4 is 17.1 Å². The summed E-state index contributed by atoms with van der Waals surface area (Å²) in [5.74, 6) is 0.875. The molecule has 8 heteroatoms. The quantitative estimate of drug-likeness (QED) is 0.624. The van der Waals surface area contributed by atoms with Crippen molar-refractivity contribution in [3.8, 4) is 11.6 Å². The van der Waals surface area contributed by atoms with Crippen LogP contribution in [0.25, 0.3) is 16.7 Å². The van der Waals surface area contributed by atoms with Crippen molar-refractivity contribution in [1.82, 2.24) is 19.4 Å². The van der Waals surface area contributed by atoms with Crippen LogP contribution in [0.1, 0.15) is 46.5 Å². The highest BCUT2D eigenvalue weighted by Crippen LogP contribution is 2.27. The van der Waals surface area contributed by atoms with Crippen molar-refractivity contribution < 1.29 is 14.3 Å². The molecular weight excluding hydrogens is 420 g/mol. The number of methoxy groups -OCH3 is 1. The van der Waals surface area contributed by atoms with E-state index in [-0.39, 0.29) is 17.8 Å². The number of benzene rings is 1. The number of rotatable bonds is 5. The molecule has 1 aliphatic carbocycles. The molecule has 0 atom stereocenters. The minimum Gasteiger partial charge on any atom is -0.481 e. The van der Waals surface area contributed by atoms with Crippen LogP contribution in [0.5, 0.6) is 5.88 Å². The predicted octanol–water partition coefficient (Wildman–Crippen LogP) is 4.28. The van der Waals surface area contributed by atoms with Crippen LogP contribution in [-0.2, 0) is 11.3 Å². The molecule has 0 aliphatic heterocycles. The molecule has 1 N–H and O–H groups in total. The van der Waals surface area contributed by atoms with Crippen LogP contribution in [0, 0.1) is 5.92 Å². The van der Waals surface area contributed by atoms with Crippen molar-refractivity contribution in [1.29, 1.82) is 0 Å². The first kappa shape index (κ1) is 22.9. The minimum atomic E-state index is -0.504. The Bertz CT molecular complexity index is 1170. The van der Waals surface area contributed by atoms with Crippen LogP contribution >= 0.6 is 0 Å². The van der Waals surface area contributed by atoms with Crippen LogP contribution in [0.3, 0.4) is 0 Å². The number of carbonyl (C=O) groups excluding carboxylic acids is 1. The first-order valence-electron chi connectivity index (χ1n) is 11.5. The standard InChI is InChI=1S/C25H32N4O4/c1-25(2,3)33-23(30)27-18-11-9-17(10-12-18)16-28-20-7-5-6-8-21(20)29(24(28)31)19-13-14-22(32-4)26-15-19/h5-8,13-15,17-18H,9-12,16H2,1-4H3,(H,27,30). The van der Waals surface area contributed by atoms with Crippen LogP contribution < -0.4 is 15.7 Å². The Morgan fingerprint density at radius 1 is 1.09 bits per heavy atom. The number of imidazole rings is 1. The van der Waals surface area contributed by atoms with E-state index in [1.54, 1.807) is 23.9 Å². The van der Waals surface area contributed by atoms with Crippen molar-refractivity contribution in [3.05, 3.63) is 53.1 Å². The van der Waals surface area contributed by atoms with Crippen LogP contribution in [0.2, 0.25) is 0 Å². The third-order valence-corrected chi connectivity index (χ3v) is 6.03. The summed E-state index contributed by atoms with van der Waals surface area (Å²) in [7, 11) is 1.57. The van der Waals surface area contributed by atoms with Gasteiger partial charge in [0.15, 0.2) is 0 Å². The van der Waals surface area contributed by atoms with Gasteiger partial charge in [-0.15, -0.1) is 0 Å². The average molecular weight is 453 g/mol. The molecule has 1 fully saturated rings. The molecule has 3 aromatic rings. The number of alkyl carbamates (subject to hydrolysis) is 1. The van der Waals surface area contributed by atoms with Gasteiger partial charge in [-0.1, -0.05) is 12.1 Å². The van der Waals surface area contributed by atoms with E-state index < -0.39 is 5.60 Å². The van der Waals surface area contributed by atoms with Crippen molar-refractivity contribution in [2.24, 2.45) is 5.92 Å². The number of ether oxygens (including phenoxy) is 2. The Labute approximate surface area is 193 Å². The van der Waals surface area contributed by atoms with Gasteiger partial charge in [0.1, 0.15) is 5.60 Å². The van der Waals surface area contributed by atoms with Crippen LogP contribution in [0.15, 0.2) is 47.4 Å². The summed E-state index contributed by atoms with van der Waals surface area (Å²) < 4.78 is 14.1. The lowest BCUT2D eigenvalue weighted by atomic mass is 9.86. The van der Waals surface area contributed by atoms with Gasteiger partial charge >= 0.3 is 11.8 Å². The maximum Gasteiger partial charge on any atom is 0.407 e. The van der Waals surface area contributed by atoms with Crippen LogP contribution in [-0.4, -0.2) is 39.0 Å². The van der Waals surface area contributed by atoms with Gasteiger partial charge in [0, 0.05) is 18.7 Å². The largest absolute Gasteiger partial charge is 0.481 e. The van der Waals surface area contributed by atoms with Crippen LogP contribution in [0.4, 0.5) is 4.79 Å². The minimum absolute atomic E-state index is 0.0721. The zero-order chi connectivity index (χ0) is 23.6. The zero-order valence-electron chi connectivity index (χ0n) is 19.7. The molecule has 1 aliphatic rings. The van der Waals surface area contributed by atoms with E-state index in [0.717, 1.165) is 36.7 Å². The highest BCUT2D eigenvalue weighted by atomic mass is 16.6. The third kappa shape index (κ3) is 5.21. The topological polar surface area (TPSA) is 87.4 Å². The SMILES string of the molecule is COc1ccc(-n2c(=O)n(CC3CCC(NC(=O)OC(C)(C)C)CC3)c3ccccc32)cn1. The normalized spacial score (nSPS) is 18.8. The number of carbonyl (C=O) groups is 1. The van der Waals surface area contributed by atoms with Gasteiger partial charge in [-0.05, 0) is 70.6 Å². The monoisotopic (exact) mass is 452 g/mol. The lowest BCUT2D eigenvalue weighted by Gasteiger charge is -2.30. The smallest absolute Gasteiger partial charge is 0.407 e. The van der Waals surface area contributed by atoms with E-state index in [0.29, 0.717) is 24.0 Å². The Kier molecular flexibility index (Phi) is 6.44. The summed E-state index contributed by atoms with van der Waals surface area (Å²) in [6.45, 7) is 6.23. The predicted molar refractivity (Wildman–Crippen MR) is 127 cm³/mol. The zero-order valence-corrected chi connectivity index (χ0v) is 19.7. The molecule has 0 spiro atoms. The number of hydrogen-bond acceptors (Lipinski definition) is 5. The molecule has 0 saturated heterocycles. The van der Waals surface area contributed by atoms with E-state index in [1.165, 1.54) is 0 Å². The first-order chi connectivity index (χ1) is 15.7. The number of nitrogens with zero attached hydrogens (tertiary/aromatic N) is 3. The molecule has 2 aromatic heterocycles. The maximum absolute atomic E-state index is 13.5. The van der Waals surface area contributed by atoms with E-state index in [4.69, 9.17) is 9.47 Å². The fourth-order valence-corrected chi connectivity index (χ4v) is 4.48. The second kappa shape index (κ2) is 9.29. The molecule has 4 rings (SSSR count). The second-order valence-electron chi connectivity index (χ2n) is 9.64. The lowest BCUT2D eigenvalue weighted by molar-refractivity contribution is 0.0486. The number of hydrogen-bond donors (Lipinski definition) is 1. The van der Waals surface area contributed by atoms with Gasteiger partial charge in [0.25, 0.3) is 0 Å². The molecule has 1 aromatic carbocycles. The Morgan fingerprint density at radius 2 is 1.79 bits per heavy atom. The van der Waals surface area contributed by atoms with E-state index >= 15 is 0 Å². The third-order valence-electron chi connectivity index (χ3n) is 6.03. The van der Waals surface area contributed by atoms with Gasteiger partial charge in [0.05, 0.1) is 30.0 Å². The highest BCUT2D eigenvalue weighted by Gasteiger charge is 2.26. The van der Waals surface area contributed by atoms with Gasteiger partial charge in [-0.25, -0.2) is 14.6 Å². The molecule has 2 heterocycles. The number of para-hydroxylation sites is 2. The summed E-state index contributed by atoms with van der Waals surface area (Å²) in [5, 5.41) is 2.98. The number of pyridine rings is 1. The van der Waals surface area contributed by atoms with Gasteiger partial charge in [-0.2, -0.15) is 0 Å². The number of fused-ring (bicyclic) bond motifs is 1. The van der Waals surface area contributed by atoms with Gasteiger partial charge in [0.2, 0.25) is 5.88 Å². The summed E-state index contributed by atoms with van der Waals surface area (Å²) in [6.07, 6.45) is 4.93. The Morgan fingerprint density at radius 3 is 2.39 bits per heavy atom. The Balaban J connectivity index is 1.49. The van der Waals surface area contributed by atoms with Crippen molar-refractivity contribution in [2.75, 3.05) is 7.11 Å².